The lowest BCUT2D eigenvalue weighted by Gasteiger charge is -2.36. The van der Waals surface area contributed by atoms with Gasteiger partial charge in [-0.05, 0) is 13.8 Å². The molecule has 1 aliphatic rings. The number of anilines is 1. The second-order valence-corrected chi connectivity index (χ2v) is 6.26. The second kappa shape index (κ2) is 10.3. The van der Waals surface area contributed by atoms with Gasteiger partial charge in [-0.1, -0.05) is 0 Å². The molecule has 0 unspecified atom stereocenters. The summed E-state index contributed by atoms with van der Waals surface area (Å²) < 4.78 is 1.53. The van der Waals surface area contributed by atoms with Gasteiger partial charge in [0.15, 0.2) is 11.8 Å². The summed E-state index contributed by atoms with van der Waals surface area (Å²) in [4.78, 5) is 36.5. The largest absolute Gasteiger partial charge is 0.352 e. The number of carbonyl (C=O) groups is 1. The van der Waals surface area contributed by atoms with Crippen molar-refractivity contribution in [2.75, 3.05) is 44.7 Å². The Hall–Kier alpha value is -1.85. The van der Waals surface area contributed by atoms with E-state index in [0.29, 0.717) is 38.0 Å². The van der Waals surface area contributed by atoms with E-state index in [1.54, 1.807) is 26.5 Å². The Morgan fingerprint density at radius 2 is 1.96 bits per heavy atom. The Morgan fingerprint density at radius 3 is 2.54 bits per heavy atom. The van der Waals surface area contributed by atoms with Gasteiger partial charge in [0.25, 0.3) is 5.56 Å². The molecule has 9 nitrogen and oxygen atoms in total. The van der Waals surface area contributed by atoms with Crippen LogP contribution in [-0.4, -0.2) is 72.1 Å². The fraction of sp³-hybridized carbons (Fsp3) is 0.625. The van der Waals surface area contributed by atoms with Crippen LogP contribution in [0.5, 0.6) is 0 Å². The second-order valence-electron chi connectivity index (χ2n) is 6.26. The molecule has 0 aliphatic carbocycles. The number of rotatable bonds is 4. The summed E-state index contributed by atoms with van der Waals surface area (Å²) in [6.07, 6.45) is 3.28. The first kappa shape index (κ1) is 22.2. The monoisotopic (exact) mass is 477 g/mol. The molecule has 146 valence electrons. The van der Waals surface area contributed by atoms with Crippen LogP contribution in [0.4, 0.5) is 5.82 Å². The van der Waals surface area contributed by atoms with Crippen molar-refractivity contribution in [1.82, 2.24) is 25.1 Å². The molecular formula is C16H28IN7O2. The highest BCUT2D eigenvalue weighted by atomic mass is 127. The van der Waals surface area contributed by atoms with Gasteiger partial charge in [0.1, 0.15) is 0 Å². The fourth-order valence-corrected chi connectivity index (χ4v) is 2.70. The van der Waals surface area contributed by atoms with Crippen molar-refractivity contribution >= 4 is 41.7 Å². The molecule has 1 aliphatic heterocycles. The molecule has 2 N–H and O–H groups in total. The van der Waals surface area contributed by atoms with Gasteiger partial charge in [-0.2, -0.15) is 0 Å². The average Bonchev–Trinajstić information content (AvgIpc) is 2.58. The lowest BCUT2D eigenvalue weighted by atomic mass is 10.3. The van der Waals surface area contributed by atoms with E-state index < -0.39 is 0 Å². The van der Waals surface area contributed by atoms with E-state index in [2.05, 4.69) is 25.5 Å². The van der Waals surface area contributed by atoms with E-state index in [1.807, 2.05) is 18.7 Å². The molecule has 0 radical (unpaired) electrons. The Balaban J connectivity index is 0.00000338. The number of piperazine rings is 1. The molecule has 0 bridgehead atoms. The summed E-state index contributed by atoms with van der Waals surface area (Å²) in [6, 6.07) is 0.112. The van der Waals surface area contributed by atoms with Crippen LogP contribution in [0.3, 0.4) is 0 Å². The molecule has 1 saturated heterocycles. The lowest BCUT2D eigenvalue weighted by molar-refractivity contribution is -0.120. The van der Waals surface area contributed by atoms with Crippen molar-refractivity contribution in [3.05, 3.63) is 22.7 Å². The molecule has 10 heteroatoms. The quantitative estimate of drug-likeness (QED) is 0.349. The highest BCUT2D eigenvalue weighted by molar-refractivity contribution is 14.0. The first-order chi connectivity index (χ1) is 11.9. The molecule has 2 heterocycles. The maximum atomic E-state index is 12.2. The molecular weight excluding hydrogens is 449 g/mol. The number of hydrogen-bond donors (Lipinski definition) is 2. The minimum atomic E-state index is -0.0937. The summed E-state index contributed by atoms with van der Waals surface area (Å²) in [5.41, 5.74) is -0.0937. The van der Waals surface area contributed by atoms with Gasteiger partial charge in [-0.3, -0.25) is 14.6 Å². The van der Waals surface area contributed by atoms with Crippen molar-refractivity contribution in [3.63, 3.8) is 0 Å². The van der Waals surface area contributed by atoms with Crippen molar-refractivity contribution in [2.45, 2.75) is 19.9 Å². The summed E-state index contributed by atoms with van der Waals surface area (Å²) in [7, 11) is 3.42. The molecule has 26 heavy (non-hydrogen) atoms. The van der Waals surface area contributed by atoms with Crippen LogP contribution in [0, 0.1) is 0 Å². The van der Waals surface area contributed by atoms with Crippen LogP contribution in [0.2, 0.25) is 0 Å². The molecule has 0 spiro atoms. The number of nitrogens with one attached hydrogen (secondary N) is 2. The third kappa shape index (κ3) is 5.85. The van der Waals surface area contributed by atoms with Crippen molar-refractivity contribution in [1.29, 1.82) is 0 Å². The highest BCUT2D eigenvalue weighted by Crippen LogP contribution is 2.08. The number of nitrogens with zero attached hydrogens (tertiary/aromatic N) is 5. The molecule has 0 saturated carbocycles. The zero-order valence-electron chi connectivity index (χ0n) is 15.7. The van der Waals surface area contributed by atoms with Gasteiger partial charge < -0.3 is 25.0 Å². The lowest BCUT2D eigenvalue weighted by Crippen LogP contribution is -2.54. The number of guanidine groups is 1. The van der Waals surface area contributed by atoms with E-state index in [-0.39, 0.29) is 48.0 Å². The molecule has 2 rings (SSSR count). The maximum Gasteiger partial charge on any atom is 0.293 e. The Labute approximate surface area is 170 Å². The molecule has 1 amide bonds. The Morgan fingerprint density at radius 1 is 1.31 bits per heavy atom. The first-order valence-electron chi connectivity index (χ1n) is 8.44. The van der Waals surface area contributed by atoms with Crippen LogP contribution < -0.4 is 21.1 Å². The summed E-state index contributed by atoms with van der Waals surface area (Å²) >= 11 is 0. The van der Waals surface area contributed by atoms with Gasteiger partial charge in [-0.25, -0.2) is 4.98 Å². The minimum absolute atomic E-state index is 0. The van der Waals surface area contributed by atoms with Crippen molar-refractivity contribution < 1.29 is 4.79 Å². The Bertz CT molecular complexity index is 681. The maximum absolute atomic E-state index is 12.2. The zero-order valence-corrected chi connectivity index (χ0v) is 18.1. The van der Waals surface area contributed by atoms with Gasteiger partial charge in [0.2, 0.25) is 5.91 Å². The highest BCUT2D eigenvalue weighted by Gasteiger charge is 2.22. The van der Waals surface area contributed by atoms with E-state index >= 15 is 0 Å². The number of carbonyl (C=O) groups excluding carboxylic acids is 1. The topological polar surface area (TPSA) is 94.9 Å². The van der Waals surface area contributed by atoms with E-state index in [1.165, 1.54) is 4.57 Å². The number of aryl methyl sites for hydroxylation is 1. The van der Waals surface area contributed by atoms with E-state index in [9.17, 15) is 9.59 Å². The molecule has 1 aromatic rings. The minimum Gasteiger partial charge on any atom is -0.352 e. The van der Waals surface area contributed by atoms with Gasteiger partial charge in [-0.15, -0.1) is 24.0 Å². The number of aliphatic imine (C=N–C) groups is 1. The first-order valence-corrected chi connectivity index (χ1v) is 8.44. The van der Waals surface area contributed by atoms with E-state index in [4.69, 9.17) is 0 Å². The fourth-order valence-electron chi connectivity index (χ4n) is 2.70. The predicted octanol–water partition coefficient (Wildman–Crippen LogP) is -0.380. The van der Waals surface area contributed by atoms with Gasteiger partial charge in [0, 0.05) is 58.7 Å². The predicted molar refractivity (Wildman–Crippen MR) is 113 cm³/mol. The molecule has 0 aromatic carbocycles. The average molecular weight is 477 g/mol. The summed E-state index contributed by atoms with van der Waals surface area (Å²) in [6.45, 7) is 6.78. The molecule has 0 atom stereocenters. The standard InChI is InChI=1S/C16H27N7O2.HI/c1-12(2)20-13(24)11-19-16(17-3)23-9-7-22(8-10-23)14-15(25)21(4)6-5-18-14;/h5-6,12H,7-11H2,1-4H3,(H,17,19)(H,20,24);1H. The van der Waals surface area contributed by atoms with Gasteiger partial charge in [0.05, 0.1) is 6.54 Å². The third-order valence-corrected chi connectivity index (χ3v) is 3.95. The number of amides is 1. The molecule has 1 fully saturated rings. The van der Waals surface area contributed by atoms with Crippen LogP contribution in [0.15, 0.2) is 22.2 Å². The molecule has 1 aromatic heterocycles. The zero-order chi connectivity index (χ0) is 18.4. The van der Waals surface area contributed by atoms with E-state index in [0.717, 1.165) is 0 Å². The third-order valence-electron chi connectivity index (χ3n) is 3.95. The summed E-state index contributed by atoms with van der Waals surface area (Å²) in [5.74, 6) is 1.10. The van der Waals surface area contributed by atoms with Crippen LogP contribution in [-0.2, 0) is 11.8 Å². The number of hydrogen-bond acceptors (Lipinski definition) is 5. The normalized spacial score (nSPS) is 14.9. The Kier molecular flexibility index (Phi) is 8.82. The van der Waals surface area contributed by atoms with Crippen molar-refractivity contribution in [3.8, 4) is 0 Å². The summed E-state index contributed by atoms with van der Waals surface area (Å²) in [5, 5.41) is 5.92. The smallest absolute Gasteiger partial charge is 0.293 e. The van der Waals surface area contributed by atoms with Crippen LogP contribution in [0.25, 0.3) is 0 Å². The van der Waals surface area contributed by atoms with Crippen LogP contribution >= 0.6 is 24.0 Å². The number of halogens is 1. The number of aromatic nitrogens is 2. The SMILES string of the molecule is CN=C(NCC(=O)NC(C)C)N1CCN(c2nccn(C)c2=O)CC1.I. The van der Waals surface area contributed by atoms with Crippen LogP contribution in [0.1, 0.15) is 13.8 Å². The van der Waals surface area contributed by atoms with Gasteiger partial charge >= 0.3 is 0 Å². The van der Waals surface area contributed by atoms with Crippen molar-refractivity contribution in [2.24, 2.45) is 12.0 Å².